The van der Waals surface area contributed by atoms with Gasteiger partial charge in [-0.25, -0.2) is 0 Å². The molecule has 3 rings (SSSR count). The smallest absolute Gasteiger partial charge is 0.253 e. The summed E-state index contributed by atoms with van der Waals surface area (Å²) in [6.45, 7) is 1.85. The molecule has 0 saturated carbocycles. The van der Waals surface area contributed by atoms with E-state index in [1.807, 2.05) is 0 Å². The van der Waals surface area contributed by atoms with Gasteiger partial charge in [0.1, 0.15) is 11.5 Å². The molecule has 6 heteroatoms. The maximum Gasteiger partial charge on any atom is 0.253 e. The van der Waals surface area contributed by atoms with Crippen LogP contribution in [-0.2, 0) is 0 Å². The second-order valence-corrected chi connectivity index (χ2v) is 5.68. The summed E-state index contributed by atoms with van der Waals surface area (Å²) < 4.78 is 0. The van der Waals surface area contributed by atoms with Gasteiger partial charge in [-0.1, -0.05) is 0 Å². The van der Waals surface area contributed by atoms with E-state index in [-0.39, 0.29) is 23.3 Å². The molecule has 24 heavy (non-hydrogen) atoms. The van der Waals surface area contributed by atoms with Gasteiger partial charge in [-0.3, -0.25) is 9.59 Å². The maximum atomic E-state index is 12.4. The van der Waals surface area contributed by atoms with E-state index in [0.29, 0.717) is 37.3 Å². The van der Waals surface area contributed by atoms with Crippen LogP contribution >= 0.6 is 0 Å². The third-order valence-electron chi connectivity index (χ3n) is 4.08. The first-order chi connectivity index (χ1) is 11.5. The van der Waals surface area contributed by atoms with Crippen LogP contribution in [0.3, 0.4) is 0 Å². The summed E-state index contributed by atoms with van der Waals surface area (Å²) in [5, 5.41) is 18.6. The van der Waals surface area contributed by atoms with Crippen molar-refractivity contribution >= 4 is 11.8 Å². The minimum Gasteiger partial charge on any atom is -0.508 e. The van der Waals surface area contributed by atoms with Gasteiger partial charge in [0.05, 0.1) is 0 Å². The second kappa shape index (κ2) is 6.62. The molecule has 0 bridgehead atoms. The normalized spacial score (nSPS) is 14.5. The number of phenolic OH excluding ortho intramolecular Hbond substituents is 2. The molecule has 1 aliphatic heterocycles. The summed E-state index contributed by atoms with van der Waals surface area (Å²) in [6, 6.07) is 12.3. The maximum absolute atomic E-state index is 12.4. The number of carbonyl (C=O) groups is 2. The summed E-state index contributed by atoms with van der Waals surface area (Å²) in [6.07, 6.45) is 0. The number of carbonyl (C=O) groups excluding carboxylic acids is 2. The zero-order chi connectivity index (χ0) is 17.1. The molecule has 0 aromatic heterocycles. The molecule has 0 unspecified atom stereocenters. The van der Waals surface area contributed by atoms with Crippen LogP contribution in [0.25, 0.3) is 0 Å². The summed E-state index contributed by atoms with van der Waals surface area (Å²) in [4.78, 5) is 28.2. The van der Waals surface area contributed by atoms with E-state index < -0.39 is 0 Å². The first kappa shape index (κ1) is 15.9. The van der Waals surface area contributed by atoms with E-state index in [4.69, 9.17) is 0 Å². The zero-order valence-corrected chi connectivity index (χ0v) is 13.1. The number of benzene rings is 2. The number of aromatic hydroxyl groups is 2. The van der Waals surface area contributed by atoms with Gasteiger partial charge < -0.3 is 20.0 Å². The van der Waals surface area contributed by atoms with Crippen molar-refractivity contribution in [2.75, 3.05) is 26.2 Å². The molecule has 2 aromatic carbocycles. The molecule has 1 saturated heterocycles. The molecule has 0 radical (unpaired) electrons. The zero-order valence-electron chi connectivity index (χ0n) is 13.1. The topological polar surface area (TPSA) is 81.1 Å². The van der Waals surface area contributed by atoms with Crippen LogP contribution in [0.1, 0.15) is 20.7 Å². The van der Waals surface area contributed by atoms with Crippen molar-refractivity contribution < 1.29 is 19.8 Å². The van der Waals surface area contributed by atoms with Crippen LogP contribution in [0.5, 0.6) is 11.5 Å². The second-order valence-electron chi connectivity index (χ2n) is 5.68. The van der Waals surface area contributed by atoms with E-state index in [2.05, 4.69) is 0 Å². The average Bonchev–Trinajstić information content (AvgIpc) is 2.62. The number of piperazine rings is 1. The number of hydrogen-bond donors (Lipinski definition) is 2. The highest BCUT2D eigenvalue weighted by Gasteiger charge is 2.25. The van der Waals surface area contributed by atoms with E-state index in [1.54, 1.807) is 34.1 Å². The molecule has 1 aliphatic rings. The minimum absolute atomic E-state index is 0.105. The molecule has 0 atom stereocenters. The highest BCUT2D eigenvalue weighted by atomic mass is 16.3. The molecule has 2 N–H and O–H groups in total. The summed E-state index contributed by atoms with van der Waals surface area (Å²) >= 11 is 0. The third-order valence-corrected chi connectivity index (χ3v) is 4.08. The van der Waals surface area contributed by atoms with Gasteiger partial charge >= 0.3 is 0 Å². The Morgan fingerprint density at radius 3 is 1.21 bits per heavy atom. The largest absolute Gasteiger partial charge is 0.508 e. The van der Waals surface area contributed by atoms with Gasteiger partial charge in [0, 0.05) is 37.3 Å². The Labute approximate surface area is 139 Å². The van der Waals surface area contributed by atoms with Crippen LogP contribution in [-0.4, -0.2) is 58.0 Å². The van der Waals surface area contributed by atoms with Crippen LogP contribution in [0.2, 0.25) is 0 Å². The predicted molar refractivity (Wildman–Crippen MR) is 88.0 cm³/mol. The Kier molecular flexibility index (Phi) is 4.37. The molecule has 2 aromatic rings. The number of nitrogens with zero attached hydrogens (tertiary/aromatic N) is 2. The summed E-state index contributed by atoms with van der Waals surface area (Å²) in [5.74, 6) is 0.0326. The molecule has 1 fully saturated rings. The number of rotatable bonds is 2. The number of amides is 2. The Morgan fingerprint density at radius 1 is 0.625 bits per heavy atom. The Morgan fingerprint density at radius 2 is 0.917 bits per heavy atom. The van der Waals surface area contributed by atoms with Crippen LogP contribution < -0.4 is 0 Å². The Bertz CT molecular complexity index is 667. The molecule has 0 spiro atoms. The van der Waals surface area contributed by atoms with Crippen LogP contribution in [0.15, 0.2) is 48.5 Å². The van der Waals surface area contributed by atoms with Crippen molar-refractivity contribution in [1.29, 1.82) is 0 Å². The van der Waals surface area contributed by atoms with E-state index in [0.717, 1.165) is 0 Å². The molecule has 2 amide bonds. The number of hydrogen-bond acceptors (Lipinski definition) is 4. The van der Waals surface area contributed by atoms with Gasteiger partial charge in [-0.2, -0.15) is 0 Å². The summed E-state index contributed by atoms with van der Waals surface area (Å²) in [7, 11) is 0. The fourth-order valence-corrected chi connectivity index (χ4v) is 2.69. The average molecular weight is 326 g/mol. The SMILES string of the molecule is O=C(c1ccc(O)cc1)N1CCN(C(=O)c2ccc(O)cc2)CC1. The number of phenols is 2. The quantitative estimate of drug-likeness (QED) is 0.880. The molecule has 0 aliphatic carbocycles. The van der Waals surface area contributed by atoms with E-state index in [1.165, 1.54) is 24.3 Å². The lowest BCUT2D eigenvalue weighted by molar-refractivity contribution is 0.0535. The summed E-state index contributed by atoms with van der Waals surface area (Å²) in [5.41, 5.74) is 1.04. The Balaban J connectivity index is 1.61. The van der Waals surface area contributed by atoms with Gasteiger partial charge in [-0.05, 0) is 48.5 Å². The van der Waals surface area contributed by atoms with Gasteiger partial charge in [0.2, 0.25) is 0 Å². The minimum atomic E-state index is -0.105. The van der Waals surface area contributed by atoms with Crippen LogP contribution in [0, 0.1) is 0 Å². The lowest BCUT2D eigenvalue weighted by Crippen LogP contribution is -2.50. The molecule has 6 nitrogen and oxygen atoms in total. The van der Waals surface area contributed by atoms with Crippen molar-refractivity contribution in [2.45, 2.75) is 0 Å². The monoisotopic (exact) mass is 326 g/mol. The lowest BCUT2D eigenvalue weighted by Gasteiger charge is -2.34. The van der Waals surface area contributed by atoms with E-state index >= 15 is 0 Å². The van der Waals surface area contributed by atoms with Crippen molar-refractivity contribution in [1.82, 2.24) is 9.80 Å². The lowest BCUT2D eigenvalue weighted by atomic mass is 10.1. The fraction of sp³-hybridized carbons (Fsp3) is 0.222. The van der Waals surface area contributed by atoms with Crippen molar-refractivity contribution in [2.24, 2.45) is 0 Å². The molecule has 124 valence electrons. The predicted octanol–water partition coefficient (Wildman–Crippen LogP) is 1.70. The standard InChI is InChI=1S/C18H18N2O4/c21-15-5-1-13(2-6-15)17(23)19-9-11-20(12-10-19)18(24)14-3-7-16(22)8-4-14/h1-8,21-22H,9-12H2. The first-order valence-corrected chi connectivity index (χ1v) is 7.71. The van der Waals surface area contributed by atoms with E-state index in [9.17, 15) is 19.8 Å². The third kappa shape index (κ3) is 3.32. The van der Waals surface area contributed by atoms with Crippen molar-refractivity contribution in [3.8, 4) is 11.5 Å². The van der Waals surface area contributed by atoms with Crippen molar-refractivity contribution in [3.63, 3.8) is 0 Å². The molecular weight excluding hydrogens is 308 g/mol. The van der Waals surface area contributed by atoms with Gasteiger partial charge in [-0.15, -0.1) is 0 Å². The van der Waals surface area contributed by atoms with Gasteiger partial charge in [0.15, 0.2) is 0 Å². The Hall–Kier alpha value is -3.02. The molecule has 1 heterocycles. The fourth-order valence-electron chi connectivity index (χ4n) is 2.69. The van der Waals surface area contributed by atoms with Gasteiger partial charge in [0.25, 0.3) is 11.8 Å². The highest BCUT2D eigenvalue weighted by Crippen LogP contribution is 2.16. The van der Waals surface area contributed by atoms with Crippen LogP contribution in [0.4, 0.5) is 0 Å². The van der Waals surface area contributed by atoms with Crippen molar-refractivity contribution in [3.05, 3.63) is 59.7 Å². The highest BCUT2D eigenvalue weighted by molar-refractivity contribution is 5.96. The molecular formula is C18H18N2O4. The first-order valence-electron chi connectivity index (χ1n) is 7.71.